The first-order valence-corrected chi connectivity index (χ1v) is 6.50. The van der Waals surface area contributed by atoms with Gasteiger partial charge in [-0.1, -0.05) is 39.0 Å². The highest BCUT2D eigenvalue weighted by molar-refractivity contribution is 5.76. The minimum Gasteiger partial charge on any atom is -0.324 e. The lowest BCUT2D eigenvalue weighted by Gasteiger charge is -2.23. The van der Waals surface area contributed by atoms with Crippen molar-refractivity contribution in [3.63, 3.8) is 0 Å². The van der Waals surface area contributed by atoms with Gasteiger partial charge >= 0.3 is 0 Å². The molecule has 0 bridgehead atoms. The fourth-order valence-electron chi connectivity index (χ4n) is 1.95. The highest BCUT2D eigenvalue weighted by atomic mass is 16.2. The number of hydrazine groups is 1. The largest absolute Gasteiger partial charge is 0.324 e. The van der Waals surface area contributed by atoms with Gasteiger partial charge in [-0.15, -0.1) is 0 Å². The number of carbonyl (C=O) groups excluding carboxylic acids is 1. The summed E-state index contributed by atoms with van der Waals surface area (Å²) in [6.45, 7) is 8.49. The summed E-state index contributed by atoms with van der Waals surface area (Å²) in [6.07, 6.45) is 0.224. The molecule has 106 valence electrons. The number of nitrogens with zero attached hydrogens (tertiary/aromatic N) is 1. The molecular weight excluding hydrogens is 238 g/mol. The first kappa shape index (κ1) is 15.7. The Kier molecular flexibility index (Phi) is 4.71. The smallest absolute Gasteiger partial charge is 0.238 e. The van der Waals surface area contributed by atoms with Crippen molar-refractivity contribution in [2.24, 2.45) is 11.6 Å². The summed E-state index contributed by atoms with van der Waals surface area (Å²) in [6, 6.07) is 5.96. The number of carbonyl (C=O) groups is 1. The Labute approximate surface area is 115 Å². The first-order valence-electron chi connectivity index (χ1n) is 6.50. The normalized spacial score (nSPS) is 13.2. The third-order valence-electron chi connectivity index (χ3n) is 3.33. The molecular formula is C15H25N3O. The Balaban J connectivity index is 3.02. The lowest BCUT2D eigenvalue weighted by Crippen LogP contribution is -2.35. The van der Waals surface area contributed by atoms with Crippen molar-refractivity contribution in [3.8, 4) is 0 Å². The molecule has 0 saturated heterocycles. The van der Waals surface area contributed by atoms with E-state index in [1.54, 1.807) is 0 Å². The van der Waals surface area contributed by atoms with Crippen molar-refractivity contribution in [2.45, 2.75) is 45.6 Å². The van der Waals surface area contributed by atoms with Crippen LogP contribution in [0.4, 0.5) is 0 Å². The Morgan fingerprint density at radius 2 is 1.95 bits per heavy atom. The van der Waals surface area contributed by atoms with Crippen LogP contribution >= 0.6 is 0 Å². The fraction of sp³-hybridized carbons (Fsp3) is 0.533. The molecule has 4 heteroatoms. The van der Waals surface area contributed by atoms with Gasteiger partial charge in [0.15, 0.2) is 0 Å². The molecule has 1 rings (SSSR count). The summed E-state index contributed by atoms with van der Waals surface area (Å²) in [5.41, 5.74) is 9.55. The average molecular weight is 263 g/mol. The number of aryl methyl sites for hydroxylation is 1. The van der Waals surface area contributed by atoms with Gasteiger partial charge in [0.2, 0.25) is 5.91 Å². The molecule has 19 heavy (non-hydrogen) atoms. The topological polar surface area (TPSA) is 72.4 Å². The van der Waals surface area contributed by atoms with Gasteiger partial charge in [-0.05, 0) is 29.0 Å². The summed E-state index contributed by atoms with van der Waals surface area (Å²) in [7, 11) is 1.54. The van der Waals surface area contributed by atoms with E-state index >= 15 is 0 Å². The molecule has 1 amide bonds. The van der Waals surface area contributed by atoms with Crippen LogP contribution in [0.3, 0.4) is 0 Å². The molecule has 0 aromatic heterocycles. The second-order valence-electron chi connectivity index (χ2n) is 6.14. The predicted octanol–water partition coefficient (Wildman–Crippen LogP) is 2.01. The zero-order valence-corrected chi connectivity index (χ0v) is 12.5. The van der Waals surface area contributed by atoms with E-state index in [2.05, 4.69) is 39.0 Å². The standard InChI is InChI=1S/C15H25N3O/c1-10-6-7-11(15(2,3)4)8-12(10)13(16)9-14(19)18(5)17/h6-8,13H,9,16-17H2,1-5H3. The second kappa shape index (κ2) is 5.72. The highest BCUT2D eigenvalue weighted by Crippen LogP contribution is 2.27. The van der Waals surface area contributed by atoms with Crippen molar-refractivity contribution >= 4 is 5.91 Å². The van der Waals surface area contributed by atoms with Gasteiger partial charge in [-0.25, -0.2) is 5.84 Å². The Bertz CT molecular complexity index is 461. The molecule has 0 spiro atoms. The van der Waals surface area contributed by atoms with Crippen molar-refractivity contribution in [1.29, 1.82) is 0 Å². The molecule has 0 aliphatic carbocycles. The molecule has 1 aromatic carbocycles. The number of nitrogens with two attached hydrogens (primary N) is 2. The van der Waals surface area contributed by atoms with Gasteiger partial charge in [-0.3, -0.25) is 9.80 Å². The maximum atomic E-state index is 11.6. The number of rotatable bonds is 3. The van der Waals surface area contributed by atoms with Gasteiger partial charge in [0.05, 0.1) is 0 Å². The van der Waals surface area contributed by atoms with E-state index in [9.17, 15) is 4.79 Å². The van der Waals surface area contributed by atoms with Crippen LogP contribution in [0.1, 0.15) is 49.9 Å². The predicted molar refractivity (Wildman–Crippen MR) is 78.4 cm³/mol. The molecule has 0 aliphatic heterocycles. The summed E-state index contributed by atoms with van der Waals surface area (Å²) in [5, 5.41) is 1.09. The third-order valence-corrected chi connectivity index (χ3v) is 3.33. The maximum absolute atomic E-state index is 11.6. The van der Waals surface area contributed by atoms with Gasteiger partial charge < -0.3 is 5.73 Å². The molecule has 4 N–H and O–H groups in total. The zero-order valence-electron chi connectivity index (χ0n) is 12.5. The third kappa shape index (κ3) is 4.04. The minimum absolute atomic E-state index is 0.0663. The monoisotopic (exact) mass is 263 g/mol. The van der Waals surface area contributed by atoms with Crippen LogP contribution in [0.15, 0.2) is 18.2 Å². The zero-order chi connectivity index (χ0) is 14.8. The van der Waals surface area contributed by atoms with Gasteiger partial charge in [0, 0.05) is 19.5 Å². The number of benzene rings is 1. The van der Waals surface area contributed by atoms with Crippen molar-refractivity contribution in [1.82, 2.24) is 5.01 Å². The molecule has 4 nitrogen and oxygen atoms in total. The lowest BCUT2D eigenvalue weighted by molar-refractivity contribution is -0.130. The number of hydrogen-bond donors (Lipinski definition) is 2. The molecule has 1 atom stereocenters. The first-order chi connectivity index (χ1) is 8.62. The molecule has 0 saturated carbocycles. The van der Waals surface area contributed by atoms with E-state index in [4.69, 9.17) is 11.6 Å². The van der Waals surface area contributed by atoms with Crippen LogP contribution in [-0.4, -0.2) is 18.0 Å². The Hall–Kier alpha value is -1.39. The molecule has 0 radical (unpaired) electrons. The van der Waals surface area contributed by atoms with Gasteiger partial charge in [0.25, 0.3) is 0 Å². The summed E-state index contributed by atoms with van der Waals surface area (Å²) in [4.78, 5) is 11.6. The highest BCUT2D eigenvalue weighted by Gasteiger charge is 2.19. The van der Waals surface area contributed by atoms with Crippen molar-refractivity contribution in [2.75, 3.05) is 7.05 Å². The SMILES string of the molecule is Cc1ccc(C(C)(C)C)cc1C(N)CC(=O)N(C)N. The summed E-state index contributed by atoms with van der Waals surface area (Å²) >= 11 is 0. The van der Waals surface area contributed by atoms with Crippen molar-refractivity contribution in [3.05, 3.63) is 34.9 Å². The van der Waals surface area contributed by atoms with E-state index in [1.807, 2.05) is 6.92 Å². The number of amides is 1. The molecule has 0 aliphatic rings. The molecule has 0 heterocycles. The maximum Gasteiger partial charge on any atom is 0.238 e. The van der Waals surface area contributed by atoms with E-state index < -0.39 is 0 Å². The van der Waals surface area contributed by atoms with E-state index in [-0.39, 0.29) is 23.8 Å². The second-order valence-corrected chi connectivity index (χ2v) is 6.14. The fourth-order valence-corrected chi connectivity index (χ4v) is 1.95. The quantitative estimate of drug-likeness (QED) is 0.498. The van der Waals surface area contributed by atoms with Crippen LogP contribution in [0.25, 0.3) is 0 Å². The van der Waals surface area contributed by atoms with Gasteiger partial charge in [0.1, 0.15) is 0 Å². The van der Waals surface area contributed by atoms with Crippen LogP contribution in [0.2, 0.25) is 0 Å². The number of hydrogen-bond acceptors (Lipinski definition) is 3. The lowest BCUT2D eigenvalue weighted by atomic mass is 9.84. The van der Waals surface area contributed by atoms with Crippen molar-refractivity contribution < 1.29 is 4.79 Å². The Morgan fingerprint density at radius 1 is 1.37 bits per heavy atom. The molecule has 1 unspecified atom stereocenters. The Morgan fingerprint density at radius 3 is 2.42 bits per heavy atom. The molecule has 1 aromatic rings. The van der Waals surface area contributed by atoms with Gasteiger partial charge in [-0.2, -0.15) is 0 Å². The van der Waals surface area contributed by atoms with Crippen LogP contribution < -0.4 is 11.6 Å². The summed E-state index contributed by atoms with van der Waals surface area (Å²) in [5.74, 6) is 5.27. The van der Waals surface area contributed by atoms with E-state index in [1.165, 1.54) is 12.6 Å². The van der Waals surface area contributed by atoms with E-state index in [0.717, 1.165) is 16.1 Å². The van der Waals surface area contributed by atoms with E-state index in [0.29, 0.717) is 0 Å². The van der Waals surface area contributed by atoms with Crippen LogP contribution in [-0.2, 0) is 10.2 Å². The van der Waals surface area contributed by atoms with Crippen LogP contribution in [0.5, 0.6) is 0 Å². The molecule has 0 fully saturated rings. The minimum atomic E-state index is -0.319. The van der Waals surface area contributed by atoms with Crippen LogP contribution in [0, 0.1) is 6.92 Å². The average Bonchev–Trinajstić information content (AvgIpc) is 2.27. The summed E-state index contributed by atoms with van der Waals surface area (Å²) < 4.78 is 0.